The second-order valence-electron chi connectivity index (χ2n) is 7.01. The number of ether oxygens (including phenoxy) is 2. The summed E-state index contributed by atoms with van der Waals surface area (Å²) in [5.41, 5.74) is 6.64. The molecule has 32 heavy (non-hydrogen) atoms. The first-order chi connectivity index (χ1) is 15.5. The molecule has 0 aliphatic rings. The van der Waals surface area contributed by atoms with Gasteiger partial charge in [0.15, 0.2) is 11.5 Å². The number of nitro groups is 1. The molecule has 0 aliphatic heterocycles. The minimum Gasteiger partial charge on any atom is -0.493 e. The van der Waals surface area contributed by atoms with Crippen molar-refractivity contribution in [2.75, 3.05) is 12.5 Å². The fraction of sp³-hybridized carbons (Fsp3) is 0.167. The maximum Gasteiger partial charge on any atom is 0.287 e. The normalized spacial score (nSPS) is 10.7. The zero-order valence-electron chi connectivity index (χ0n) is 17.9. The van der Waals surface area contributed by atoms with Crippen molar-refractivity contribution in [3.63, 3.8) is 0 Å². The monoisotopic (exact) mass is 432 g/mol. The Bertz CT molecular complexity index is 1110. The van der Waals surface area contributed by atoms with E-state index < -0.39 is 4.92 Å². The van der Waals surface area contributed by atoms with Crippen molar-refractivity contribution in [3.8, 4) is 11.5 Å². The van der Waals surface area contributed by atoms with Gasteiger partial charge in [-0.05, 0) is 42.7 Å². The van der Waals surface area contributed by atoms with Crippen molar-refractivity contribution >= 4 is 17.7 Å². The van der Waals surface area contributed by atoms with E-state index >= 15 is 0 Å². The van der Waals surface area contributed by atoms with Crippen LogP contribution in [0.3, 0.4) is 0 Å². The minimum absolute atomic E-state index is 0.0837. The standard InChI is InChI=1S/C24H24N4O4/c1-4-5-20-12-19(14-26-27-23-11-10-21(15-25-23)28(29)30)13-22(31-3)24(20)32-16-18-8-6-17(2)7-9-18/h4,6-15H,1,5,16H2,2-3H3,(H,25,27)/b26-14+. The topological polar surface area (TPSA) is 98.9 Å². The predicted molar refractivity (Wildman–Crippen MR) is 125 cm³/mol. The summed E-state index contributed by atoms with van der Waals surface area (Å²) in [6, 6.07) is 14.8. The molecule has 0 atom stereocenters. The van der Waals surface area contributed by atoms with Gasteiger partial charge in [0.05, 0.1) is 18.2 Å². The molecule has 0 saturated heterocycles. The van der Waals surface area contributed by atoms with E-state index in [0.717, 1.165) is 16.7 Å². The highest BCUT2D eigenvalue weighted by Gasteiger charge is 2.13. The molecular formula is C24H24N4O4. The molecule has 0 saturated carbocycles. The van der Waals surface area contributed by atoms with Crippen LogP contribution in [0, 0.1) is 17.0 Å². The van der Waals surface area contributed by atoms with Crippen LogP contribution in [0.15, 0.2) is 72.5 Å². The summed E-state index contributed by atoms with van der Waals surface area (Å²) in [4.78, 5) is 14.2. The first-order valence-electron chi connectivity index (χ1n) is 9.90. The first kappa shape index (κ1) is 22.5. The highest BCUT2D eigenvalue weighted by molar-refractivity contribution is 5.82. The maximum absolute atomic E-state index is 10.7. The lowest BCUT2D eigenvalue weighted by Gasteiger charge is -2.16. The number of benzene rings is 2. The number of hydrogen-bond donors (Lipinski definition) is 1. The van der Waals surface area contributed by atoms with Crippen LogP contribution < -0.4 is 14.9 Å². The molecule has 8 heteroatoms. The fourth-order valence-corrected chi connectivity index (χ4v) is 2.95. The van der Waals surface area contributed by atoms with Gasteiger partial charge >= 0.3 is 0 Å². The van der Waals surface area contributed by atoms with Crippen LogP contribution in [-0.2, 0) is 13.0 Å². The van der Waals surface area contributed by atoms with Gasteiger partial charge in [-0.25, -0.2) is 4.98 Å². The van der Waals surface area contributed by atoms with Gasteiger partial charge in [-0.15, -0.1) is 6.58 Å². The molecule has 3 rings (SSSR count). The molecule has 0 amide bonds. The molecular weight excluding hydrogens is 408 g/mol. The van der Waals surface area contributed by atoms with Crippen LogP contribution in [-0.4, -0.2) is 23.2 Å². The molecule has 8 nitrogen and oxygen atoms in total. The molecule has 2 aromatic carbocycles. The summed E-state index contributed by atoms with van der Waals surface area (Å²) >= 11 is 0. The Labute approximate surface area is 186 Å². The van der Waals surface area contributed by atoms with Gasteiger partial charge in [0.25, 0.3) is 5.69 Å². The van der Waals surface area contributed by atoms with Crippen molar-refractivity contribution in [1.29, 1.82) is 0 Å². The van der Waals surface area contributed by atoms with E-state index in [-0.39, 0.29) is 5.69 Å². The number of pyridine rings is 1. The van der Waals surface area contributed by atoms with Crippen molar-refractivity contribution in [2.45, 2.75) is 20.0 Å². The molecule has 3 aromatic rings. The highest BCUT2D eigenvalue weighted by Crippen LogP contribution is 2.34. The minimum atomic E-state index is -0.504. The average Bonchev–Trinajstić information content (AvgIpc) is 2.79. The van der Waals surface area contributed by atoms with Crippen LogP contribution in [0.5, 0.6) is 11.5 Å². The van der Waals surface area contributed by atoms with E-state index in [4.69, 9.17) is 9.47 Å². The Hall–Kier alpha value is -4.20. The van der Waals surface area contributed by atoms with Crippen LogP contribution in [0.1, 0.15) is 22.3 Å². The zero-order valence-corrected chi connectivity index (χ0v) is 17.9. The molecule has 1 N–H and O–H groups in total. The molecule has 0 spiro atoms. The molecule has 0 unspecified atom stereocenters. The van der Waals surface area contributed by atoms with Crippen molar-refractivity contribution in [2.24, 2.45) is 5.10 Å². The molecule has 0 bridgehead atoms. The summed E-state index contributed by atoms with van der Waals surface area (Å²) < 4.78 is 11.7. The lowest BCUT2D eigenvalue weighted by molar-refractivity contribution is -0.385. The molecule has 1 aromatic heterocycles. The summed E-state index contributed by atoms with van der Waals surface area (Å²) in [6.45, 7) is 6.30. The van der Waals surface area contributed by atoms with Gasteiger partial charge in [0.1, 0.15) is 18.6 Å². The third-order valence-electron chi connectivity index (χ3n) is 4.59. The van der Waals surface area contributed by atoms with Crippen molar-refractivity contribution < 1.29 is 14.4 Å². The second kappa shape index (κ2) is 10.7. The summed E-state index contributed by atoms with van der Waals surface area (Å²) in [5.74, 6) is 1.64. The molecule has 0 radical (unpaired) electrons. The first-order valence-corrected chi connectivity index (χ1v) is 9.90. The number of nitrogens with one attached hydrogen (secondary N) is 1. The van der Waals surface area contributed by atoms with Gasteiger partial charge in [0.2, 0.25) is 0 Å². The van der Waals surface area contributed by atoms with E-state index in [9.17, 15) is 10.1 Å². The van der Waals surface area contributed by atoms with Crippen LogP contribution in [0.4, 0.5) is 11.5 Å². The number of rotatable bonds is 10. The van der Waals surface area contributed by atoms with Crippen LogP contribution in [0.25, 0.3) is 0 Å². The van der Waals surface area contributed by atoms with E-state index in [0.29, 0.717) is 30.3 Å². The number of anilines is 1. The number of nitrogens with zero attached hydrogens (tertiary/aromatic N) is 3. The Morgan fingerprint density at radius 1 is 1.22 bits per heavy atom. The van der Waals surface area contributed by atoms with Gasteiger partial charge in [-0.1, -0.05) is 35.9 Å². The number of allylic oxidation sites excluding steroid dienone is 1. The van der Waals surface area contributed by atoms with E-state index in [1.165, 1.54) is 23.9 Å². The summed E-state index contributed by atoms with van der Waals surface area (Å²) in [5, 5.41) is 14.9. The van der Waals surface area contributed by atoms with Gasteiger partial charge < -0.3 is 9.47 Å². The second-order valence-corrected chi connectivity index (χ2v) is 7.01. The Kier molecular flexibility index (Phi) is 7.53. The number of aryl methyl sites for hydroxylation is 1. The molecule has 1 heterocycles. The Balaban J connectivity index is 1.77. The van der Waals surface area contributed by atoms with Crippen LogP contribution >= 0.6 is 0 Å². The Morgan fingerprint density at radius 3 is 2.62 bits per heavy atom. The Morgan fingerprint density at radius 2 is 2.00 bits per heavy atom. The highest BCUT2D eigenvalue weighted by atomic mass is 16.6. The SMILES string of the molecule is C=CCc1cc(/C=N/Nc2ccc([N+](=O)[O-])cn2)cc(OC)c1OCc1ccc(C)cc1. The van der Waals surface area contributed by atoms with E-state index in [1.807, 2.05) is 43.3 Å². The molecule has 0 fully saturated rings. The predicted octanol–water partition coefficient (Wildman–Crippen LogP) is 5.06. The zero-order chi connectivity index (χ0) is 22.9. The third kappa shape index (κ3) is 5.91. The smallest absolute Gasteiger partial charge is 0.287 e. The van der Waals surface area contributed by atoms with Crippen LogP contribution in [0.2, 0.25) is 0 Å². The van der Waals surface area contributed by atoms with Crippen molar-refractivity contribution in [3.05, 3.63) is 99.8 Å². The lowest BCUT2D eigenvalue weighted by Crippen LogP contribution is -2.03. The van der Waals surface area contributed by atoms with Gasteiger partial charge in [0, 0.05) is 11.6 Å². The largest absolute Gasteiger partial charge is 0.493 e. The number of hydrazone groups is 1. The fourth-order valence-electron chi connectivity index (χ4n) is 2.95. The van der Waals surface area contributed by atoms with Gasteiger partial charge in [-0.2, -0.15) is 5.10 Å². The number of methoxy groups -OCH3 is 1. The molecule has 0 aliphatic carbocycles. The van der Waals surface area contributed by atoms with E-state index in [1.54, 1.807) is 19.4 Å². The quantitative estimate of drug-likeness (QED) is 0.208. The van der Waals surface area contributed by atoms with E-state index in [2.05, 4.69) is 22.1 Å². The average molecular weight is 432 g/mol. The molecule has 164 valence electrons. The number of aromatic nitrogens is 1. The third-order valence-corrected chi connectivity index (χ3v) is 4.59. The van der Waals surface area contributed by atoms with Gasteiger partial charge in [-0.3, -0.25) is 15.5 Å². The number of hydrogen-bond acceptors (Lipinski definition) is 7. The maximum atomic E-state index is 10.7. The summed E-state index contributed by atoms with van der Waals surface area (Å²) in [7, 11) is 1.59. The summed E-state index contributed by atoms with van der Waals surface area (Å²) in [6.07, 6.45) is 5.18. The lowest BCUT2D eigenvalue weighted by atomic mass is 10.1. The van der Waals surface area contributed by atoms with Crippen molar-refractivity contribution in [1.82, 2.24) is 4.98 Å².